The Bertz CT molecular complexity index is 652. The van der Waals surface area contributed by atoms with Gasteiger partial charge in [-0.15, -0.1) is 0 Å². The summed E-state index contributed by atoms with van der Waals surface area (Å²) in [5.74, 6) is 1.57. The van der Waals surface area contributed by atoms with Gasteiger partial charge in [0.05, 0.1) is 21.9 Å². The third kappa shape index (κ3) is 1.96. The van der Waals surface area contributed by atoms with Crippen LogP contribution in [0.5, 0.6) is 0 Å². The maximum Gasteiger partial charge on any atom is 0.111 e. The molecule has 2 saturated heterocycles. The van der Waals surface area contributed by atoms with E-state index in [9.17, 15) is 0 Å². The Kier molecular flexibility index (Phi) is 3.02. The summed E-state index contributed by atoms with van der Waals surface area (Å²) in [6.45, 7) is 0. The van der Waals surface area contributed by atoms with Crippen LogP contribution in [0.25, 0.3) is 11.3 Å². The molecule has 0 radical (unpaired) electrons. The lowest BCUT2D eigenvalue weighted by Gasteiger charge is -2.17. The first-order valence-electron chi connectivity index (χ1n) is 6.97. The minimum absolute atomic E-state index is 0.500. The van der Waals surface area contributed by atoms with E-state index in [1.807, 2.05) is 18.3 Å². The average molecular weight is 308 g/mol. The topological polar surface area (TPSA) is 40.7 Å². The zero-order valence-electron chi connectivity index (χ0n) is 10.9. The summed E-state index contributed by atoms with van der Waals surface area (Å²) < 4.78 is 0. The lowest BCUT2D eigenvalue weighted by Crippen LogP contribution is -2.22. The Morgan fingerprint density at radius 2 is 2.10 bits per heavy atom. The fourth-order valence-corrected chi connectivity index (χ4v) is 3.90. The van der Waals surface area contributed by atoms with Crippen LogP contribution in [0.4, 0.5) is 0 Å². The number of benzene rings is 1. The summed E-state index contributed by atoms with van der Waals surface area (Å²) in [5.41, 5.74) is 1.85. The summed E-state index contributed by atoms with van der Waals surface area (Å²) in [7, 11) is 0. The van der Waals surface area contributed by atoms with Crippen molar-refractivity contribution in [2.45, 2.75) is 37.3 Å². The van der Waals surface area contributed by atoms with Gasteiger partial charge in [-0.25, -0.2) is 4.98 Å². The van der Waals surface area contributed by atoms with Crippen molar-refractivity contribution in [2.75, 3.05) is 0 Å². The van der Waals surface area contributed by atoms with Crippen molar-refractivity contribution in [1.29, 1.82) is 0 Å². The highest BCUT2D eigenvalue weighted by molar-refractivity contribution is 6.43. The molecule has 2 bridgehead atoms. The molecule has 0 saturated carbocycles. The molecule has 1 aromatic carbocycles. The zero-order chi connectivity index (χ0) is 13.7. The van der Waals surface area contributed by atoms with Crippen LogP contribution in [0, 0.1) is 0 Å². The molecule has 2 aromatic rings. The van der Waals surface area contributed by atoms with Crippen LogP contribution in [-0.4, -0.2) is 22.1 Å². The smallest absolute Gasteiger partial charge is 0.111 e. The number of imidazole rings is 1. The van der Waals surface area contributed by atoms with Crippen LogP contribution in [-0.2, 0) is 0 Å². The molecule has 2 aliphatic heterocycles. The number of nitrogens with one attached hydrogen (secondary N) is 2. The number of hydrogen-bond acceptors (Lipinski definition) is 2. The van der Waals surface area contributed by atoms with Crippen molar-refractivity contribution in [3.05, 3.63) is 40.3 Å². The predicted molar refractivity (Wildman–Crippen MR) is 81.3 cm³/mol. The zero-order valence-corrected chi connectivity index (χ0v) is 12.4. The number of nitrogens with zero attached hydrogens (tertiary/aromatic N) is 1. The quantitative estimate of drug-likeness (QED) is 0.880. The van der Waals surface area contributed by atoms with Gasteiger partial charge in [-0.3, -0.25) is 0 Å². The molecule has 2 aliphatic rings. The molecule has 0 amide bonds. The summed E-state index contributed by atoms with van der Waals surface area (Å²) in [5, 5.41) is 4.79. The second-order valence-corrected chi connectivity index (χ2v) is 6.46. The highest BCUT2D eigenvalue weighted by Gasteiger charge is 2.41. The molecular formula is C15H15Cl2N3. The van der Waals surface area contributed by atoms with E-state index < -0.39 is 0 Å². The minimum atomic E-state index is 0.500. The van der Waals surface area contributed by atoms with Gasteiger partial charge in [-0.05, 0) is 25.3 Å². The fraction of sp³-hybridized carbons (Fsp3) is 0.400. The Morgan fingerprint density at radius 1 is 1.20 bits per heavy atom. The first-order valence-corrected chi connectivity index (χ1v) is 7.73. The van der Waals surface area contributed by atoms with Crippen molar-refractivity contribution in [1.82, 2.24) is 15.3 Å². The summed E-state index contributed by atoms with van der Waals surface area (Å²) in [4.78, 5) is 8.00. The number of H-pyrrole nitrogens is 1. The van der Waals surface area contributed by atoms with Crippen molar-refractivity contribution >= 4 is 23.2 Å². The average Bonchev–Trinajstić information content (AvgIpc) is 3.16. The minimum Gasteiger partial charge on any atom is -0.342 e. The summed E-state index contributed by atoms with van der Waals surface area (Å²) in [6, 6.07) is 6.92. The van der Waals surface area contributed by atoms with E-state index in [2.05, 4.69) is 15.3 Å². The number of aromatic amines is 1. The van der Waals surface area contributed by atoms with Gasteiger partial charge in [0.25, 0.3) is 0 Å². The van der Waals surface area contributed by atoms with Crippen LogP contribution in [0.15, 0.2) is 24.4 Å². The number of hydrogen-bond donors (Lipinski definition) is 2. The third-order valence-electron chi connectivity index (χ3n) is 4.49. The monoisotopic (exact) mass is 307 g/mol. The van der Waals surface area contributed by atoms with E-state index in [1.54, 1.807) is 6.07 Å². The van der Waals surface area contributed by atoms with Crippen LogP contribution in [0.1, 0.15) is 31.0 Å². The molecule has 3 heterocycles. The molecule has 1 aromatic heterocycles. The number of fused-ring (bicyclic) bond motifs is 2. The van der Waals surface area contributed by atoms with Gasteiger partial charge in [-0.1, -0.05) is 35.3 Å². The van der Waals surface area contributed by atoms with Gasteiger partial charge in [0.15, 0.2) is 0 Å². The lowest BCUT2D eigenvalue weighted by atomic mass is 9.89. The van der Waals surface area contributed by atoms with Crippen LogP contribution < -0.4 is 5.32 Å². The second kappa shape index (κ2) is 4.76. The first-order chi connectivity index (χ1) is 9.72. The highest BCUT2D eigenvalue weighted by atomic mass is 35.5. The van der Waals surface area contributed by atoms with Gasteiger partial charge in [0.2, 0.25) is 0 Å². The number of rotatable bonds is 2. The Balaban J connectivity index is 1.67. The molecule has 5 heteroatoms. The molecule has 2 fully saturated rings. The molecule has 20 heavy (non-hydrogen) atoms. The molecule has 104 valence electrons. The van der Waals surface area contributed by atoms with E-state index >= 15 is 0 Å². The van der Waals surface area contributed by atoms with E-state index in [-0.39, 0.29) is 0 Å². The van der Waals surface area contributed by atoms with Gasteiger partial charge in [0.1, 0.15) is 5.82 Å². The van der Waals surface area contributed by atoms with Crippen molar-refractivity contribution < 1.29 is 0 Å². The summed E-state index contributed by atoms with van der Waals surface area (Å²) >= 11 is 12.3. The standard InChI is InChI=1S/C15H15Cl2N3/c16-11-3-1-2-9(14(11)17)13-7-18-15(20-13)10-6-8-4-5-12(10)19-8/h1-3,7-8,10,12,19H,4-6H2,(H,18,20). The van der Waals surface area contributed by atoms with Crippen LogP contribution in [0.3, 0.4) is 0 Å². The lowest BCUT2D eigenvalue weighted by molar-refractivity contribution is 0.490. The SMILES string of the molecule is Clc1cccc(-c2cnc(C3CC4CCC3N4)[nH]2)c1Cl. The van der Waals surface area contributed by atoms with E-state index in [0.717, 1.165) is 17.1 Å². The summed E-state index contributed by atoms with van der Waals surface area (Å²) in [6.07, 6.45) is 5.60. The maximum atomic E-state index is 6.27. The van der Waals surface area contributed by atoms with Crippen LogP contribution >= 0.6 is 23.2 Å². The molecule has 4 rings (SSSR count). The Labute approximate surface area is 127 Å². The highest BCUT2D eigenvalue weighted by Crippen LogP contribution is 2.40. The van der Waals surface area contributed by atoms with Gasteiger partial charge < -0.3 is 10.3 Å². The fourth-order valence-electron chi connectivity index (χ4n) is 3.50. The second-order valence-electron chi connectivity index (χ2n) is 5.67. The molecule has 0 aliphatic carbocycles. The van der Waals surface area contributed by atoms with E-state index in [4.69, 9.17) is 23.2 Å². The molecule has 3 nitrogen and oxygen atoms in total. The van der Waals surface area contributed by atoms with Gasteiger partial charge >= 0.3 is 0 Å². The van der Waals surface area contributed by atoms with Crippen molar-refractivity contribution in [3.8, 4) is 11.3 Å². The van der Waals surface area contributed by atoms with Gasteiger partial charge in [0, 0.05) is 23.6 Å². The molecule has 2 N–H and O–H groups in total. The molecule has 0 spiro atoms. The maximum absolute atomic E-state index is 6.27. The molecule has 3 unspecified atom stereocenters. The van der Waals surface area contributed by atoms with Crippen LogP contribution in [0.2, 0.25) is 10.0 Å². The Morgan fingerprint density at radius 3 is 2.85 bits per heavy atom. The Hall–Kier alpha value is -1.03. The largest absolute Gasteiger partial charge is 0.342 e. The van der Waals surface area contributed by atoms with Gasteiger partial charge in [-0.2, -0.15) is 0 Å². The number of aromatic nitrogens is 2. The molecular weight excluding hydrogens is 293 g/mol. The van der Waals surface area contributed by atoms with Crippen molar-refractivity contribution in [2.24, 2.45) is 0 Å². The predicted octanol–water partition coefficient (Wildman–Crippen LogP) is 3.99. The van der Waals surface area contributed by atoms with E-state index in [0.29, 0.717) is 28.0 Å². The van der Waals surface area contributed by atoms with E-state index in [1.165, 1.54) is 19.3 Å². The normalized spacial score (nSPS) is 28.2. The number of halogens is 2. The third-order valence-corrected chi connectivity index (χ3v) is 5.31. The first kappa shape index (κ1) is 12.7. The molecule has 3 atom stereocenters. The van der Waals surface area contributed by atoms with Crippen molar-refractivity contribution in [3.63, 3.8) is 0 Å².